The molecule has 1 unspecified atom stereocenters. The number of carbonyl (C=O) groups excluding carboxylic acids is 2. The van der Waals surface area contributed by atoms with Gasteiger partial charge < -0.3 is 15.0 Å². The Bertz CT molecular complexity index is 864. The Morgan fingerprint density at radius 2 is 2.04 bits per heavy atom. The van der Waals surface area contributed by atoms with Gasteiger partial charge in [0.05, 0.1) is 19.1 Å². The maximum Gasteiger partial charge on any atom is 0.247 e. The summed E-state index contributed by atoms with van der Waals surface area (Å²) in [6, 6.07) is 11.2. The van der Waals surface area contributed by atoms with E-state index in [4.69, 9.17) is 4.74 Å². The molecular formula is C21H21FN2O3. The fourth-order valence-electron chi connectivity index (χ4n) is 3.12. The molecule has 0 spiro atoms. The Kier molecular flexibility index (Phi) is 5.54. The van der Waals surface area contributed by atoms with Crippen molar-refractivity contribution in [2.45, 2.75) is 18.9 Å². The van der Waals surface area contributed by atoms with E-state index in [0.29, 0.717) is 30.0 Å². The van der Waals surface area contributed by atoms with Crippen LogP contribution in [-0.4, -0.2) is 30.4 Å². The lowest BCUT2D eigenvalue weighted by molar-refractivity contribution is -0.131. The number of amides is 2. The van der Waals surface area contributed by atoms with Gasteiger partial charge in [-0.05, 0) is 42.0 Å². The molecule has 2 amide bonds. The predicted octanol–water partition coefficient (Wildman–Crippen LogP) is 3.47. The third-order valence-electron chi connectivity index (χ3n) is 4.60. The van der Waals surface area contributed by atoms with Crippen molar-refractivity contribution >= 4 is 17.5 Å². The molecule has 6 heteroatoms. The molecule has 0 radical (unpaired) electrons. The normalized spacial score (nSPS) is 15.3. The summed E-state index contributed by atoms with van der Waals surface area (Å²) in [6.45, 7) is 3.89. The highest BCUT2D eigenvalue weighted by molar-refractivity contribution is 5.98. The van der Waals surface area contributed by atoms with Crippen molar-refractivity contribution < 1.29 is 18.7 Å². The SMILES string of the molecule is C=CC(=O)Nc1ccc(CC(=O)N(C)C2CCOc3ccc(F)cc32)cc1. The Morgan fingerprint density at radius 3 is 2.74 bits per heavy atom. The summed E-state index contributed by atoms with van der Waals surface area (Å²) >= 11 is 0. The van der Waals surface area contributed by atoms with Crippen molar-refractivity contribution in [2.24, 2.45) is 0 Å². The first kappa shape index (κ1) is 18.6. The van der Waals surface area contributed by atoms with Crippen LogP contribution in [0.1, 0.15) is 23.6 Å². The van der Waals surface area contributed by atoms with Gasteiger partial charge in [-0.2, -0.15) is 0 Å². The number of likely N-dealkylation sites (N-methyl/N-ethyl adjacent to an activating group) is 1. The van der Waals surface area contributed by atoms with Crippen LogP contribution in [0.5, 0.6) is 5.75 Å². The highest BCUT2D eigenvalue weighted by Crippen LogP contribution is 2.36. The molecule has 1 aliphatic rings. The van der Waals surface area contributed by atoms with E-state index in [-0.39, 0.29) is 30.1 Å². The molecular weight excluding hydrogens is 347 g/mol. The van der Waals surface area contributed by atoms with E-state index in [0.717, 1.165) is 5.56 Å². The van der Waals surface area contributed by atoms with Gasteiger partial charge in [-0.1, -0.05) is 18.7 Å². The van der Waals surface area contributed by atoms with Gasteiger partial charge in [-0.15, -0.1) is 0 Å². The number of carbonyl (C=O) groups is 2. The third-order valence-corrected chi connectivity index (χ3v) is 4.60. The second-order valence-corrected chi connectivity index (χ2v) is 6.41. The molecule has 1 aliphatic heterocycles. The molecule has 1 heterocycles. The van der Waals surface area contributed by atoms with Crippen LogP contribution < -0.4 is 10.1 Å². The van der Waals surface area contributed by atoms with E-state index in [1.54, 1.807) is 42.3 Å². The zero-order valence-electron chi connectivity index (χ0n) is 15.1. The second kappa shape index (κ2) is 8.03. The average Bonchev–Trinajstić information content (AvgIpc) is 2.68. The average molecular weight is 368 g/mol. The fourth-order valence-corrected chi connectivity index (χ4v) is 3.12. The number of nitrogens with zero attached hydrogens (tertiary/aromatic N) is 1. The summed E-state index contributed by atoms with van der Waals surface area (Å²) < 4.78 is 19.2. The molecule has 27 heavy (non-hydrogen) atoms. The molecule has 0 aromatic heterocycles. The Hall–Kier alpha value is -3.15. The number of rotatable bonds is 5. The minimum Gasteiger partial charge on any atom is -0.493 e. The van der Waals surface area contributed by atoms with Crippen molar-refractivity contribution in [3.8, 4) is 5.75 Å². The molecule has 0 saturated heterocycles. The molecule has 0 saturated carbocycles. The van der Waals surface area contributed by atoms with Crippen LogP contribution in [0, 0.1) is 5.82 Å². The molecule has 3 rings (SSSR count). The molecule has 5 nitrogen and oxygen atoms in total. The highest BCUT2D eigenvalue weighted by atomic mass is 19.1. The van der Waals surface area contributed by atoms with Gasteiger partial charge in [0.1, 0.15) is 11.6 Å². The van der Waals surface area contributed by atoms with Crippen molar-refractivity contribution in [1.82, 2.24) is 4.90 Å². The Labute approximate surface area is 157 Å². The zero-order chi connectivity index (χ0) is 19.4. The van der Waals surface area contributed by atoms with E-state index in [1.165, 1.54) is 18.2 Å². The van der Waals surface area contributed by atoms with Crippen LogP contribution in [0.15, 0.2) is 55.1 Å². The van der Waals surface area contributed by atoms with Gasteiger partial charge in [0.15, 0.2) is 0 Å². The topological polar surface area (TPSA) is 58.6 Å². The molecule has 1 atom stereocenters. The number of nitrogens with one attached hydrogen (secondary N) is 1. The minimum atomic E-state index is -0.345. The van der Waals surface area contributed by atoms with Gasteiger partial charge in [-0.3, -0.25) is 9.59 Å². The molecule has 1 N–H and O–H groups in total. The van der Waals surface area contributed by atoms with Crippen molar-refractivity contribution in [1.29, 1.82) is 0 Å². The van der Waals surface area contributed by atoms with Crippen LogP contribution in [0.2, 0.25) is 0 Å². The summed E-state index contributed by atoms with van der Waals surface area (Å²) in [6.07, 6.45) is 2.03. The second-order valence-electron chi connectivity index (χ2n) is 6.41. The van der Waals surface area contributed by atoms with Gasteiger partial charge in [0.2, 0.25) is 11.8 Å². The Balaban J connectivity index is 1.69. The van der Waals surface area contributed by atoms with E-state index in [2.05, 4.69) is 11.9 Å². The first-order valence-electron chi connectivity index (χ1n) is 8.68. The summed E-state index contributed by atoms with van der Waals surface area (Å²) in [4.78, 5) is 25.7. The van der Waals surface area contributed by atoms with Crippen LogP contribution in [0.4, 0.5) is 10.1 Å². The fraction of sp³-hybridized carbons (Fsp3) is 0.238. The molecule has 140 valence electrons. The number of halogens is 1. The highest BCUT2D eigenvalue weighted by Gasteiger charge is 2.28. The van der Waals surface area contributed by atoms with E-state index >= 15 is 0 Å². The lowest BCUT2D eigenvalue weighted by atomic mass is 9.98. The number of anilines is 1. The monoisotopic (exact) mass is 368 g/mol. The van der Waals surface area contributed by atoms with Crippen molar-refractivity contribution in [3.63, 3.8) is 0 Å². The van der Waals surface area contributed by atoms with Crippen molar-refractivity contribution in [3.05, 3.63) is 72.1 Å². The molecule has 2 aromatic carbocycles. The zero-order valence-corrected chi connectivity index (χ0v) is 15.1. The number of benzene rings is 2. The quantitative estimate of drug-likeness (QED) is 0.822. The van der Waals surface area contributed by atoms with Gasteiger partial charge in [0, 0.05) is 24.7 Å². The lowest BCUT2D eigenvalue weighted by Crippen LogP contribution is -2.35. The lowest BCUT2D eigenvalue weighted by Gasteiger charge is -2.33. The summed E-state index contributed by atoms with van der Waals surface area (Å²) in [5.41, 5.74) is 2.16. The standard InChI is InChI=1S/C21H21FN2O3/c1-3-20(25)23-16-7-4-14(5-8-16)12-21(26)24(2)18-10-11-27-19-9-6-15(22)13-17(18)19/h3-9,13,18H,1,10-12H2,2H3,(H,23,25). The van der Waals surface area contributed by atoms with Crippen LogP contribution in [0.25, 0.3) is 0 Å². The molecule has 0 fully saturated rings. The van der Waals surface area contributed by atoms with Gasteiger partial charge in [0.25, 0.3) is 0 Å². The first-order valence-corrected chi connectivity index (χ1v) is 8.68. The predicted molar refractivity (Wildman–Crippen MR) is 101 cm³/mol. The maximum absolute atomic E-state index is 13.6. The van der Waals surface area contributed by atoms with E-state index in [1.807, 2.05) is 0 Å². The van der Waals surface area contributed by atoms with Crippen LogP contribution >= 0.6 is 0 Å². The summed E-state index contributed by atoms with van der Waals surface area (Å²) in [7, 11) is 1.73. The number of fused-ring (bicyclic) bond motifs is 1. The van der Waals surface area contributed by atoms with Crippen LogP contribution in [-0.2, 0) is 16.0 Å². The minimum absolute atomic E-state index is 0.0695. The van der Waals surface area contributed by atoms with Gasteiger partial charge in [-0.25, -0.2) is 4.39 Å². The largest absolute Gasteiger partial charge is 0.493 e. The molecule has 2 aromatic rings. The van der Waals surface area contributed by atoms with Crippen molar-refractivity contribution in [2.75, 3.05) is 19.0 Å². The molecule has 0 aliphatic carbocycles. The molecule has 0 bridgehead atoms. The smallest absolute Gasteiger partial charge is 0.247 e. The number of hydrogen-bond acceptors (Lipinski definition) is 3. The third kappa shape index (κ3) is 4.34. The summed E-state index contributed by atoms with van der Waals surface area (Å²) in [5, 5.41) is 2.66. The Morgan fingerprint density at radius 1 is 1.30 bits per heavy atom. The van der Waals surface area contributed by atoms with Gasteiger partial charge >= 0.3 is 0 Å². The van der Waals surface area contributed by atoms with E-state index in [9.17, 15) is 14.0 Å². The number of ether oxygens (including phenoxy) is 1. The van der Waals surface area contributed by atoms with E-state index < -0.39 is 0 Å². The summed E-state index contributed by atoms with van der Waals surface area (Å²) in [5.74, 6) is -0.0826. The first-order chi connectivity index (χ1) is 13.0. The van der Waals surface area contributed by atoms with Crippen LogP contribution in [0.3, 0.4) is 0 Å². The number of hydrogen-bond donors (Lipinski definition) is 1. The maximum atomic E-state index is 13.6.